The molecule has 0 aromatic carbocycles. The number of thioether (sulfide) groups is 1. The monoisotopic (exact) mass is 187 g/mol. The van der Waals surface area contributed by atoms with Crippen molar-refractivity contribution in [2.45, 2.75) is 38.5 Å². The summed E-state index contributed by atoms with van der Waals surface area (Å²) in [5.74, 6) is 0.543. The van der Waals surface area contributed by atoms with Crippen LogP contribution < -0.4 is 0 Å². The molecule has 0 saturated carbocycles. The number of hydrogen-bond donors (Lipinski definition) is 1. The minimum Gasteiger partial charge on any atom is -0.396 e. The summed E-state index contributed by atoms with van der Waals surface area (Å²) in [6.07, 6.45) is 0.867. The van der Waals surface area contributed by atoms with Gasteiger partial charge in [0.1, 0.15) is 0 Å². The van der Waals surface area contributed by atoms with Crippen LogP contribution in [0.2, 0.25) is 0 Å². The summed E-state index contributed by atoms with van der Waals surface area (Å²) in [5.41, 5.74) is 0. The van der Waals surface area contributed by atoms with Crippen LogP contribution in [0, 0.1) is 5.92 Å². The van der Waals surface area contributed by atoms with Gasteiger partial charge in [0.2, 0.25) is 0 Å². The predicted octanol–water partition coefficient (Wildman–Crippen LogP) is 1.93. The zero-order valence-electron chi connectivity index (χ0n) is 7.95. The Balaban J connectivity index is 2.48. The molecule has 1 aliphatic rings. The van der Waals surface area contributed by atoms with E-state index in [1.54, 1.807) is 0 Å². The fourth-order valence-corrected chi connectivity index (χ4v) is 2.57. The van der Waals surface area contributed by atoms with Crippen molar-refractivity contribution >= 4 is 16.8 Å². The summed E-state index contributed by atoms with van der Waals surface area (Å²) in [4.78, 5) is 4.56. The molecule has 0 bridgehead atoms. The molecule has 70 valence electrons. The number of aliphatic imine (C=N–C) groups is 1. The molecule has 1 aliphatic heterocycles. The van der Waals surface area contributed by atoms with E-state index in [2.05, 4.69) is 25.8 Å². The quantitative estimate of drug-likeness (QED) is 0.732. The van der Waals surface area contributed by atoms with Crippen molar-refractivity contribution < 1.29 is 5.11 Å². The average molecular weight is 187 g/mol. The van der Waals surface area contributed by atoms with E-state index >= 15 is 0 Å². The highest BCUT2D eigenvalue weighted by atomic mass is 32.2. The van der Waals surface area contributed by atoms with Crippen LogP contribution in [0.5, 0.6) is 0 Å². The fraction of sp³-hybridized carbons (Fsp3) is 0.889. The van der Waals surface area contributed by atoms with Crippen LogP contribution in [0.1, 0.15) is 27.2 Å². The molecule has 12 heavy (non-hydrogen) atoms. The van der Waals surface area contributed by atoms with Gasteiger partial charge in [-0.1, -0.05) is 13.8 Å². The van der Waals surface area contributed by atoms with Crippen molar-refractivity contribution in [2.75, 3.05) is 6.61 Å². The standard InChI is InChI=1S/C9H17NOS/c1-6(2)9-10-7(3)8(12-9)4-5-11/h6-8,11H,4-5H2,1-3H3. The molecule has 3 heteroatoms. The van der Waals surface area contributed by atoms with E-state index in [9.17, 15) is 0 Å². The molecule has 0 amide bonds. The Kier molecular flexibility index (Phi) is 3.59. The van der Waals surface area contributed by atoms with E-state index in [1.165, 1.54) is 5.04 Å². The lowest BCUT2D eigenvalue weighted by molar-refractivity contribution is 0.284. The van der Waals surface area contributed by atoms with E-state index in [-0.39, 0.29) is 6.61 Å². The first-order chi connectivity index (χ1) is 5.65. The maximum absolute atomic E-state index is 8.81. The molecule has 1 rings (SSSR count). The van der Waals surface area contributed by atoms with Gasteiger partial charge in [-0.25, -0.2) is 0 Å². The van der Waals surface area contributed by atoms with Crippen LogP contribution in [0.15, 0.2) is 4.99 Å². The van der Waals surface area contributed by atoms with Crippen LogP contribution in [0.4, 0.5) is 0 Å². The van der Waals surface area contributed by atoms with Gasteiger partial charge in [-0.05, 0) is 13.3 Å². The maximum Gasteiger partial charge on any atom is 0.0708 e. The number of hydrogen-bond acceptors (Lipinski definition) is 3. The molecule has 0 aromatic heterocycles. The van der Waals surface area contributed by atoms with Crippen LogP contribution in [0.25, 0.3) is 0 Å². The molecule has 1 N–H and O–H groups in total. The summed E-state index contributed by atoms with van der Waals surface area (Å²) < 4.78 is 0. The summed E-state index contributed by atoms with van der Waals surface area (Å²) in [6.45, 7) is 6.74. The minimum absolute atomic E-state index is 0.281. The van der Waals surface area contributed by atoms with Gasteiger partial charge in [0.15, 0.2) is 0 Å². The predicted molar refractivity (Wildman–Crippen MR) is 54.8 cm³/mol. The Morgan fingerprint density at radius 3 is 2.67 bits per heavy atom. The highest BCUT2D eigenvalue weighted by molar-refractivity contribution is 8.14. The molecule has 0 aliphatic carbocycles. The second-order valence-electron chi connectivity index (χ2n) is 3.53. The van der Waals surface area contributed by atoms with Crippen LogP contribution in [-0.4, -0.2) is 28.0 Å². The number of aliphatic hydroxyl groups is 1. The lowest BCUT2D eigenvalue weighted by Crippen LogP contribution is -2.14. The fourth-order valence-electron chi connectivity index (χ4n) is 1.28. The zero-order chi connectivity index (χ0) is 9.14. The van der Waals surface area contributed by atoms with Gasteiger partial charge in [0.25, 0.3) is 0 Å². The first-order valence-electron chi connectivity index (χ1n) is 4.50. The van der Waals surface area contributed by atoms with Crippen molar-refractivity contribution in [2.24, 2.45) is 10.9 Å². The summed E-state index contributed by atoms with van der Waals surface area (Å²) >= 11 is 1.84. The molecule has 2 unspecified atom stereocenters. The second kappa shape index (κ2) is 4.28. The Labute approximate surface area is 78.5 Å². The van der Waals surface area contributed by atoms with Crippen molar-refractivity contribution in [1.82, 2.24) is 0 Å². The smallest absolute Gasteiger partial charge is 0.0708 e. The van der Waals surface area contributed by atoms with Crippen molar-refractivity contribution in [3.8, 4) is 0 Å². The van der Waals surface area contributed by atoms with E-state index in [0.29, 0.717) is 17.2 Å². The highest BCUT2D eigenvalue weighted by Crippen LogP contribution is 2.31. The topological polar surface area (TPSA) is 32.6 Å². The molecule has 0 radical (unpaired) electrons. The van der Waals surface area contributed by atoms with Gasteiger partial charge in [-0.3, -0.25) is 4.99 Å². The van der Waals surface area contributed by atoms with Gasteiger partial charge >= 0.3 is 0 Å². The Bertz CT molecular complexity index is 179. The average Bonchev–Trinajstić information content (AvgIpc) is 2.34. The molecule has 2 atom stereocenters. The maximum atomic E-state index is 8.81. The largest absolute Gasteiger partial charge is 0.396 e. The van der Waals surface area contributed by atoms with Crippen LogP contribution >= 0.6 is 11.8 Å². The Morgan fingerprint density at radius 2 is 2.25 bits per heavy atom. The van der Waals surface area contributed by atoms with Gasteiger partial charge in [0, 0.05) is 17.8 Å². The Morgan fingerprint density at radius 1 is 1.58 bits per heavy atom. The van der Waals surface area contributed by atoms with Gasteiger partial charge in [-0.15, -0.1) is 11.8 Å². The molecule has 1 heterocycles. The van der Waals surface area contributed by atoms with Crippen molar-refractivity contribution in [1.29, 1.82) is 0 Å². The van der Waals surface area contributed by atoms with E-state index in [0.717, 1.165) is 6.42 Å². The molecular formula is C9H17NOS. The molecule has 0 aromatic rings. The van der Waals surface area contributed by atoms with Gasteiger partial charge < -0.3 is 5.11 Å². The van der Waals surface area contributed by atoms with Gasteiger partial charge in [0.05, 0.1) is 11.1 Å². The lowest BCUT2D eigenvalue weighted by atomic mass is 10.2. The normalized spacial score (nSPS) is 29.6. The zero-order valence-corrected chi connectivity index (χ0v) is 8.77. The molecular weight excluding hydrogens is 170 g/mol. The van der Waals surface area contributed by atoms with Gasteiger partial charge in [-0.2, -0.15) is 0 Å². The third-order valence-corrected chi connectivity index (χ3v) is 3.80. The minimum atomic E-state index is 0.281. The van der Waals surface area contributed by atoms with E-state index in [1.807, 2.05) is 11.8 Å². The van der Waals surface area contributed by atoms with E-state index in [4.69, 9.17) is 5.11 Å². The van der Waals surface area contributed by atoms with E-state index < -0.39 is 0 Å². The second-order valence-corrected chi connectivity index (χ2v) is 4.79. The van der Waals surface area contributed by atoms with Crippen molar-refractivity contribution in [3.05, 3.63) is 0 Å². The number of nitrogens with zero attached hydrogens (tertiary/aromatic N) is 1. The summed E-state index contributed by atoms with van der Waals surface area (Å²) in [5, 5.41) is 10.6. The SMILES string of the molecule is CC(C)C1=NC(C)C(CCO)S1. The first-order valence-corrected chi connectivity index (χ1v) is 5.38. The molecule has 0 spiro atoms. The highest BCUT2D eigenvalue weighted by Gasteiger charge is 2.27. The lowest BCUT2D eigenvalue weighted by Gasteiger charge is -2.10. The van der Waals surface area contributed by atoms with Crippen LogP contribution in [-0.2, 0) is 0 Å². The number of aliphatic hydroxyl groups excluding tert-OH is 1. The molecule has 2 nitrogen and oxygen atoms in total. The van der Waals surface area contributed by atoms with Crippen molar-refractivity contribution in [3.63, 3.8) is 0 Å². The summed E-state index contributed by atoms with van der Waals surface area (Å²) in [6, 6.07) is 0.388. The summed E-state index contributed by atoms with van der Waals surface area (Å²) in [7, 11) is 0. The number of rotatable bonds is 3. The molecule has 0 saturated heterocycles. The Hall–Kier alpha value is -0.0200. The third kappa shape index (κ3) is 2.23. The first kappa shape index (κ1) is 10.1. The third-order valence-electron chi connectivity index (χ3n) is 2.05. The van der Waals surface area contributed by atoms with Crippen LogP contribution in [0.3, 0.4) is 0 Å². The molecule has 0 fully saturated rings.